The number of sulfone groups is 1. The van der Waals surface area contributed by atoms with Gasteiger partial charge < -0.3 is 5.11 Å². The highest BCUT2D eigenvalue weighted by Crippen LogP contribution is 2.30. The van der Waals surface area contributed by atoms with E-state index in [0.29, 0.717) is 16.9 Å². The first-order chi connectivity index (χ1) is 9.54. The van der Waals surface area contributed by atoms with Crippen molar-refractivity contribution in [1.29, 1.82) is 0 Å². The quantitative estimate of drug-likeness (QED) is 0.850. The van der Waals surface area contributed by atoms with Gasteiger partial charge in [0.25, 0.3) is 10.0 Å². The number of thiophene rings is 1. The third kappa shape index (κ3) is 3.12. The van der Waals surface area contributed by atoms with Gasteiger partial charge in [-0.3, -0.25) is 0 Å². The van der Waals surface area contributed by atoms with Crippen molar-refractivity contribution in [2.75, 3.05) is 18.1 Å². The van der Waals surface area contributed by atoms with E-state index in [1.54, 1.807) is 0 Å². The molecule has 118 valence electrons. The summed E-state index contributed by atoms with van der Waals surface area (Å²) in [5.74, 6) is -1.61. The van der Waals surface area contributed by atoms with E-state index in [-0.39, 0.29) is 27.1 Å². The molecule has 0 saturated carbocycles. The Bertz CT molecular complexity index is 777. The van der Waals surface area contributed by atoms with Gasteiger partial charge in [-0.1, -0.05) is 0 Å². The molecule has 1 aliphatic rings. The SMILES string of the molecule is Cc1cc(S(=O)(=O)N2CCS(=O)(=O)CC2C)sc1C(=O)O. The maximum absolute atomic E-state index is 12.5. The monoisotopic (exact) mass is 353 g/mol. The van der Waals surface area contributed by atoms with Crippen LogP contribution in [0, 0.1) is 6.92 Å². The van der Waals surface area contributed by atoms with Gasteiger partial charge >= 0.3 is 5.97 Å². The Balaban J connectivity index is 2.39. The van der Waals surface area contributed by atoms with E-state index in [9.17, 15) is 21.6 Å². The van der Waals surface area contributed by atoms with Gasteiger partial charge in [0.1, 0.15) is 9.09 Å². The second-order valence-corrected chi connectivity index (χ2v) is 10.4. The second-order valence-electron chi connectivity index (χ2n) is 4.96. The Kier molecular flexibility index (Phi) is 4.17. The number of rotatable bonds is 3. The maximum Gasteiger partial charge on any atom is 0.346 e. The Labute approximate surface area is 127 Å². The summed E-state index contributed by atoms with van der Waals surface area (Å²) in [7, 11) is -7.09. The Morgan fingerprint density at radius 1 is 1.48 bits per heavy atom. The molecule has 0 amide bonds. The molecule has 1 unspecified atom stereocenters. The molecule has 21 heavy (non-hydrogen) atoms. The average Bonchev–Trinajstić information content (AvgIpc) is 2.70. The summed E-state index contributed by atoms with van der Waals surface area (Å²) in [6.45, 7) is 2.96. The first-order valence-electron chi connectivity index (χ1n) is 6.10. The lowest BCUT2D eigenvalue weighted by Crippen LogP contribution is -2.49. The van der Waals surface area contributed by atoms with Gasteiger partial charge in [0, 0.05) is 12.6 Å². The smallest absolute Gasteiger partial charge is 0.346 e. The topological polar surface area (TPSA) is 109 Å². The number of aromatic carboxylic acids is 1. The molecule has 10 heteroatoms. The lowest BCUT2D eigenvalue weighted by Gasteiger charge is -2.31. The van der Waals surface area contributed by atoms with Crippen LogP contribution in [0.15, 0.2) is 10.3 Å². The lowest BCUT2D eigenvalue weighted by molar-refractivity contribution is 0.0701. The van der Waals surface area contributed by atoms with Crippen molar-refractivity contribution in [3.05, 3.63) is 16.5 Å². The Morgan fingerprint density at radius 2 is 2.10 bits per heavy atom. The molecule has 1 aromatic heterocycles. The van der Waals surface area contributed by atoms with E-state index in [1.807, 2.05) is 0 Å². The van der Waals surface area contributed by atoms with Crippen LogP contribution < -0.4 is 0 Å². The largest absolute Gasteiger partial charge is 0.477 e. The van der Waals surface area contributed by atoms with Crippen molar-refractivity contribution >= 4 is 37.2 Å². The van der Waals surface area contributed by atoms with Crippen LogP contribution >= 0.6 is 11.3 Å². The summed E-state index contributed by atoms with van der Waals surface area (Å²) in [4.78, 5) is 11.0. The van der Waals surface area contributed by atoms with Crippen molar-refractivity contribution in [3.63, 3.8) is 0 Å². The highest BCUT2D eigenvalue weighted by molar-refractivity contribution is 7.92. The van der Waals surface area contributed by atoms with Crippen LogP contribution in [0.3, 0.4) is 0 Å². The van der Waals surface area contributed by atoms with E-state index in [2.05, 4.69) is 0 Å². The zero-order chi connectivity index (χ0) is 16.0. The molecular formula is C11H15NO6S3. The highest BCUT2D eigenvalue weighted by atomic mass is 32.2. The van der Waals surface area contributed by atoms with Gasteiger partial charge in [0.2, 0.25) is 0 Å². The van der Waals surface area contributed by atoms with E-state index >= 15 is 0 Å². The van der Waals surface area contributed by atoms with Crippen LogP contribution in [0.4, 0.5) is 0 Å². The Morgan fingerprint density at radius 3 is 2.57 bits per heavy atom. The number of carboxylic acids is 1. The van der Waals surface area contributed by atoms with Crippen LogP contribution in [-0.4, -0.2) is 56.3 Å². The number of aryl methyl sites for hydroxylation is 1. The van der Waals surface area contributed by atoms with Crippen molar-refractivity contribution < 1.29 is 26.7 Å². The second kappa shape index (κ2) is 5.34. The number of carbonyl (C=O) groups is 1. The summed E-state index contributed by atoms with van der Waals surface area (Å²) in [6.07, 6.45) is 0. The predicted molar refractivity (Wildman–Crippen MR) is 78.0 cm³/mol. The zero-order valence-corrected chi connectivity index (χ0v) is 13.9. The molecular weight excluding hydrogens is 338 g/mol. The average molecular weight is 353 g/mol. The lowest BCUT2D eigenvalue weighted by atomic mass is 10.3. The predicted octanol–water partition coefficient (Wildman–Crippen LogP) is 0.562. The van der Waals surface area contributed by atoms with Gasteiger partial charge in [0.05, 0.1) is 11.5 Å². The highest BCUT2D eigenvalue weighted by Gasteiger charge is 2.37. The number of nitrogens with zero attached hydrogens (tertiary/aromatic N) is 1. The van der Waals surface area contributed by atoms with Crippen molar-refractivity contribution in [2.24, 2.45) is 0 Å². The molecule has 7 nitrogen and oxygen atoms in total. The number of hydrogen-bond acceptors (Lipinski definition) is 6. The Hall–Kier alpha value is -0.970. The first kappa shape index (κ1) is 16.4. The van der Waals surface area contributed by atoms with Gasteiger partial charge in [-0.25, -0.2) is 21.6 Å². The standard InChI is InChI=1S/C11H15NO6S3/c1-7-5-9(19-10(7)11(13)14)21(17,18)12-3-4-20(15,16)6-8(12)2/h5,8H,3-4,6H2,1-2H3,(H,13,14). The van der Waals surface area contributed by atoms with Gasteiger partial charge in [-0.05, 0) is 25.5 Å². The molecule has 1 N–H and O–H groups in total. The molecule has 1 saturated heterocycles. The minimum Gasteiger partial charge on any atom is -0.477 e. The third-order valence-corrected chi connectivity index (χ3v) is 8.74. The molecule has 0 radical (unpaired) electrons. The van der Waals surface area contributed by atoms with E-state index < -0.39 is 31.9 Å². The van der Waals surface area contributed by atoms with Gasteiger partial charge in [-0.2, -0.15) is 4.31 Å². The molecule has 0 spiro atoms. The molecule has 0 bridgehead atoms. The van der Waals surface area contributed by atoms with Crippen LogP contribution in [0.25, 0.3) is 0 Å². The molecule has 1 aliphatic heterocycles. The molecule has 0 aromatic carbocycles. The van der Waals surface area contributed by atoms with Crippen molar-refractivity contribution in [3.8, 4) is 0 Å². The van der Waals surface area contributed by atoms with Crippen LogP contribution in [0.5, 0.6) is 0 Å². The fourth-order valence-electron chi connectivity index (χ4n) is 2.25. The van der Waals surface area contributed by atoms with Crippen molar-refractivity contribution in [2.45, 2.75) is 24.1 Å². The van der Waals surface area contributed by atoms with E-state index in [4.69, 9.17) is 5.11 Å². The number of hydrogen-bond donors (Lipinski definition) is 1. The fraction of sp³-hybridized carbons (Fsp3) is 0.545. The zero-order valence-electron chi connectivity index (χ0n) is 11.4. The summed E-state index contributed by atoms with van der Waals surface area (Å²) in [6, 6.07) is 0.656. The normalized spacial score (nSPS) is 23.0. The van der Waals surface area contributed by atoms with Gasteiger partial charge in [0.15, 0.2) is 9.84 Å². The molecule has 1 atom stereocenters. The number of sulfonamides is 1. The van der Waals surface area contributed by atoms with Crippen LogP contribution in [-0.2, 0) is 19.9 Å². The van der Waals surface area contributed by atoms with Crippen molar-refractivity contribution in [1.82, 2.24) is 4.31 Å². The summed E-state index contributed by atoms with van der Waals surface area (Å²) in [5.41, 5.74) is 0.378. The maximum atomic E-state index is 12.5. The minimum atomic E-state index is -3.87. The van der Waals surface area contributed by atoms with E-state index in [0.717, 1.165) is 4.31 Å². The summed E-state index contributed by atoms with van der Waals surface area (Å²) in [5, 5.41) is 9.00. The molecule has 1 fully saturated rings. The number of carboxylic acid groups (broad SMARTS) is 1. The summed E-state index contributed by atoms with van der Waals surface area (Å²) < 4.78 is 49.2. The van der Waals surface area contributed by atoms with E-state index in [1.165, 1.54) is 19.9 Å². The van der Waals surface area contributed by atoms with Crippen LogP contribution in [0.1, 0.15) is 22.2 Å². The summed E-state index contributed by atoms with van der Waals surface area (Å²) >= 11 is 0.692. The first-order valence-corrected chi connectivity index (χ1v) is 10.2. The molecule has 0 aliphatic carbocycles. The molecule has 2 heterocycles. The molecule has 2 rings (SSSR count). The van der Waals surface area contributed by atoms with Gasteiger partial charge in [-0.15, -0.1) is 11.3 Å². The third-order valence-electron chi connectivity index (χ3n) is 3.26. The molecule has 1 aromatic rings. The minimum absolute atomic E-state index is 0.0224. The fourth-order valence-corrected chi connectivity index (χ4v) is 7.15. The van der Waals surface area contributed by atoms with Crippen LogP contribution in [0.2, 0.25) is 0 Å².